The second-order valence-electron chi connectivity index (χ2n) is 7.32. The van der Waals surface area contributed by atoms with Crippen molar-refractivity contribution in [2.45, 2.75) is 6.92 Å². The first kappa shape index (κ1) is 20.1. The molecule has 0 aliphatic carbocycles. The van der Waals surface area contributed by atoms with Crippen LogP contribution < -0.4 is 11.1 Å². The summed E-state index contributed by atoms with van der Waals surface area (Å²) in [5.41, 5.74) is 2.84. The molecule has 0 unspecified atom stereocenters. The lowest BCUT2D eigenvalue weighted by Crippen LogP contribution is -2.24. The number of hydrogen-bond donors (Lipinski definition) is 1. The summed E-state index contributed by atoms with van der Waals surface area (Å²) in [7, 11) is 0. The van der Waals surface area contributed by atoms with Gasteiger partial charge >= 0.3 is 0 Å². The van der Waals surface area contributed by atoms with Crippen LogP contribution in [0.25, 0.3) is 38.9 Å². The maximum absolute atomic E-state index is 13.6. The second-order valence-corrected chi connectivity index (χ2v) is 9.48. The minimum absolute atomic E-state index is 0.212. The number of aryl methyl sites for hydroxylation is 1. The van der Waals surface area contributed by atoms with E-state index in [4.69, 9.17) is 4.98 Å². The van der Waals surface area contributed by atoms with Crippen LogP contribution in [0.3, 0.4) is 0 Å². The van der Waals surface area contributed by atoms with Gasteiger partial charge in [0.2, 0.25) is 0 Å². The molecule has 0 spiro atoms. The van der Waals surface area contributed by atoms with E-state index in [0.717, 1.165) is 24.5 Å². The van der Waals surface area contributed by atoms with Crippen molar-refractivity contribution >= 4 is 60.3 Å². The van der Waals surface area contributed by atoms with Crippen LogP contribution in [0.1, 0.15) is 5.56 Å². The number of aromatic amines is 1. The molecule has 0 saturated carbocycles. The van der Waals surface area contributed by atoms with Gasteiger partial charge in [-0.1, -0.05) is 33.6 Å². The monoisotopic (exact) mass is 583 g/mol. The molecule has 0 amide bonds. The van der Waals surface area contributed by atoms with E-state index in [9.17, 15) is 9.59 Å². The highest BCUT2D eigenvalue weighted by molar-refractivity contribution is 14.1. The molecule has 7 heteroatoms. The van der Waals surface area contributed by atoms with Crippen LogP contribution in [0.5, 0.6) is 0 Å². The smallest absolute Gasteiger partial charge is 0.266 e. The van der Waals surface area contributed by atoms with Crippen molar-refractivity contribution in [1.82, 2.24) is 14.5 Å². The summed E-state index contributed by atoms with van der Waals surface area (Å²) < 4.78 is 3.36. The highest BCUT2D eigenvalue weighted by atomic mass is 127. The molecule has 3 aromatic carbocycles. The summed E-state index contributed by atoms with van der Waals surface area (Å²) in [5.74, 6) is 0.311. The van der Waals surface area contributed by atoms with Gasteiger partial charge in [0.15, 0.2) is 5.82 Å². The van der Waals surface area contributed by atoms with E-state index in [0.29, 0.717) is 28.0 Å². The first-order valence-corrected chi connectivity index (χ1v) is 11.4. The highest BCUT2D eigenvalue weighted by Crippen LogP contribution is 2.25. The Morgan fingerprint density at radius 2 is 1.74 bits per heavy atom. The molecule has 0 atom stereocenters. The van der Waals surface area contributed by atoms with Crippen LogP contribution in [0, 0.1) is 10.5 Å². The number of hydrogen-bond acceptors (Lipinski definition) is 3. The minimum Gasteiger partial charge on any atom is -0.321 e. The van der Waals surface area contributed by atoms with Gasteiger partial charge < -0.3 is 4.98 Å². The standard InChI is InChI=1S/C24H15BrIN3O2/c1-13-2-6-17(7-3-13)29-22(27-21-9-5-16(26)12-18(21)24(29)31)19-11-14-10-15(25)4-8-20(14)28-23(19)30/h2-12H,1H3,(H,28,30). The molecule has 0 aliphatic rings. The van der Waals surface area contributed by atoms with E-state index in [-0.39, 0.29) is 11.1 Å². The van der Waals surface area contributed by atoms with Gasteiger partial charge in [-0.25, -0.2) is 4.98 Å². The number of nitrogens with one attached hydrogen (secondary N) is 1. The Bertz CT molecular complexity index is 1600. The van der Waals surface area contributed by atoms with Gasteiger partial charge in [0, 0.05) is 18.9 Å². The van der Waals surface area contributed by atoms with Gasteiger partial charge in [-0.2, -0.15) is 0 Å². The maximum atomic E-state index is 13.6. The van der Waals surface area contributed by atoms with E-state index in [2.05, 4.69) is 43.5 Å². The third kappa shape index (κ3) is 3.61. The molecule has 0 bridgehead atoms. The molecule has 0 radical (unpaired) electrons. The summed E-state index contributed by atoms with van der Waals surface area (Å²) in [5, 5.41) is 1.35. The fraction of sp³-hybridized carbons (Fsp3) is 0.0417. The van der Waals surface area contributed by atoms with Crippen LogP contribution in [-0.2, 0) is 0 Å². The van der Waals surface area contributed by atoms with Crippen LogP contribution in [0.15, 0.2) is 80.8 Å². The van der Waals surface area contributed by atoms with Gasteiger partial charge in [-0.05, 0) is 84.1 Å². The van der Waals surface area contributed by atoms with Crippen molar-refractivity contribution in [3.63, 3.8) is 0 Å². The van der Waals surface area contributed by atoms with E-state index in [1.54, 1.807) is 6.07 Å². The van der Waals surface area contributed by atoms with E-state index < -0.39 is 0 Å². The molecule has 1 N–H and O–H groups in total. The lowest BCUT2D eigenvalue weighted by atomic mass is 10.1. The summed E-state index contributed by atoms with van der Waals surface area (Å²) in [6.07, 6.45) is 0. The largest absolute Gasteiger partial charge is 0.321 e. The van der Waals surface area contributed by atoms with Crippen molar-refractivity contribution < 1.29 is 0 Å². The van der Waals surface area contributed by atoms with Gasteiger partial charge in [-0.15, -0.1) is 0 Å². The number of H-pyrrole nitrogens is 1. The quantitative estimate of drug-likeness (QED) is 0.276. The predicted molar refractivity (Wildman–Crippen MR) is 136 cm³/mol. The molecule has 0 aliphatic heterocycles. The molecule has 0 fully saturated rings. The normalized spacial score (nSPS) is 11.3. The Kier molecular flexibility index (Phi) is 5.02. The van der Waals surface area contributed by atoms with Crippen LogP contribution in [-0.4, -0.2) is 14.5 Å². The summed E-state index contributed by atoms with van der Waals surface area (Å²) in [4.78, 5) is 34.3. The van der Waals surface area contributed by atoms with E-state index in [1.165, 1.54) is 4.57 Å². The molecule has 31 heavy (non-hydrogen) atoms. The SMILES string of the molecule is Cc1ccc(-n2c(-c3cc4cc(Br)ccc4[nH]c3=O)nc3ccc(I)cc3c2=O)cc1. The molecule has 5 rings (SSSR count). The number of aromatic nitrogens is 3. The molecule has 5 nitrogen and oxygen atoms in total. The van der Waals surface area contributed by atoms with Gasteiger partial charge in [0.1, 0.15) is 0 Å². The Balaban J connectivity index is 1.91. The average molecular weight is 584 g/mol. The first-order chi connectivity index (χ1) is 14.9. The van der Waals surface area contributed by atoms with Gasteiger partial charge in [0.25, 0.3) is 11.1 Å². The summed E-state index contributed by atoms with van der Waals surface area (Å²) in [6, 6.07) is 20.6. The molecule has 152 valence electrons. The third-order valence-corrected chi connectivity index (χ3v) is 6.33. The molecule has 5 aromatic rings. The van der Waals surface area contributed by atoms with Crippen LogP contribution in [0.2, 0.25) is 0 Å². The summed E-state index contributed by atoms with van der Waals surface area (Å²) in [6.45, 7) is 1.99. The molecular formula is C24H15BrIN3O2. The second kappa shape index (κ2) is 7.72. The zero-order chi connectivity index (χ0) is 21.7. The Morgan fingerprint density at radius 1 is 0.968 bits per heavy atom. The van der Waals surface area contributed by atoms with E-state index >= 15 is 0 Å². The number of nitrogens with zero attached hydrogens (tertiary/aromatic N) is 2. The Hall–Kier alpha value is -2.78. The van der Waals surface area contributed by atoms with Gasteiger partial charge in [-0.3, -0.25) is 14.2 Å². The average Bonchev–Trinajstić information content (AvgIpc) is 2.75. The number of halogens is 2. The van der Waals surface area contributed by atoms with Crippen molar-refractivity contribution in [1.29, 1.82) is 0 Å². The Morgan fingerprint density at radius 3 is 2.52 bits per heavy atom. The minimum atomic E-state index is -0.299. The lowest BCUT2D eigenvalue weighted by molar-refractivity contribution is 0.970. The lowest BCUT2D eigenvalue weighted by Gasteiger charge is -2.14. The van der Waals surface area contributed by atoms with E-state index in [1.807, 2.05) is 67.6 Å². The highest BCUT2D eigenvalue weighted by Gasteiger charge is 2.18. The number of pyridine rings is 1. The fourth-order valence-corrected chi connectivity index (χ4v) is 4.49. The van der Waals surface area contributed by atoms with Crippen molar-refractivity contribution in [2.75, 3.05) is 0 Å². The van der Waals surface area contributed by atoms with Crippen LogP contribution in [0.4, 0.5) is 0 Å². The van der Waals surface area contributed by atoms with Crippen LogP contribution >= 0.6 is 38.5 Å². The van der Waals surface area contributed by atoms with Gasteiger partial charge in [0.05, 0.1) is 22.2 Å². The molecule has 2 heterocycles. The van der Waals surface area contributed by atoms with Crippen molar-refractivity contribution in [3.8, 4) is 17.1 Å². The zero-order valence-electron chi connectivity index (χ0n) is 16.3. The Labute approximate surface area is 199 Å². The molecule has 0 saturated heterocycles. The fourth-order valence-electron chi connectivity index (χ4n) is 3.62. The predicted octanol–water partition coefficient (Wildman–Crippen LogP) is 5.57. The number of benzene rings is 3. The third-order valence-electron chi connectivity index (χ3n) is 5.17. The summed E-state index contributed by atoms with van der Waals surface area (Å²) >= 11 is 5.66. The first-order valence-electron chi connectivity index (χ1n) is 9.53. The van der Waals surface area contributed by atoms with Crippen molar-refractivity contribution in [3.05, 3.63) is 101 Å². The number of fused-ring (bicyclic) bond motifs is 2. The number of rotatable bonds is 2. The zero-order valence-corrected chi connectivity index (χ0v) is 20.1. The molecular weight excluding hydrogens is 569 g/mol. The maximum Gasteiger partial charge on any atom is 0.266 e. The molecule has 2 aromatic heterocycles. The topological polar surface area (TPSA) is 67.8 Å². The van der Waals surface area contributed by atoms with Crippen molar-refractivity contribution in [2.24, 2.45) is 0 Å².